The summed E-state index contributed by atoms with van der Waals surface area (Å²) in [6.07, 6.45) is 5.39. The maximum Gasteiger partial charge on any atom is 0.227 e. The number of halogens is 1. The third kappa shape index (κ3) is 6.46. The highest BCUT2D eigenvalue weighted by molar-refractivity contribution is 5.58. The molecule has 8 nitrogen and oxygen atoms in total. The Labute approximate surface area is 197 Å². The summed E-state index contributed by atoms with van der Waals surface area (Å²) < 4.78 is 13.3. The first kappa shape index (κ1) is 23.1. The summed E-state index contributed by atoms with van der Waals surface area (Å²) in [6.45, 7) is 1.87. The van der Waals surface area contributed by atoms with Crippen molar-refractivity contribution in [2.24, 2.45) is 0 Å². The quantitative estimate of drug-likeness (QED) is 0.277. The Bertz CT molecular complexity index is 1180. The number of benzene rings is 2. The molecule has 2 atom stereocenters. The highest BCUT2D eigenvalue weighted by Gasteiger charge is 2.14. The van der Waals surface area contributed by atoms with Crippen LogP contribution in [0.1, 0.15) is 24.1 Å². The van der Waals surface area contributed by atoms with Crippen molar-refractivity contribution in [2.75, 3.05) is 22.6 Å². The molecule has 174 valence electrons. The average Bonchev–Trinajstić information content (AvgIpc) is 2.85. The molecule has 2 aromatic carbocycles. The molecule has 0 radical (unpaired) electrons. The molecular formula is C25H26FN7O. The third-order valence-corrected chi connectivity index (χ3v) is 5.16. The van der Waals surface area contributed by atoms with E-state index in [2.05, 4.69) is 35.9 Å². The van der Waals surface area contributed by atoms with E-state index in [1.165, 1.54) is 12.1 Å². The molecule has 34 heavy (non-hydrogen) atoms. The molecule has 2 aromatic heterocycles. The van der Waals surface area contributed by atoms with Gasteiger partial charge in [-0.3, -0.25) is 4.98 Å². The van der Waals surface area contributed by atoms with E-state index in [0.717, 1.165) is 11.1 Å². The Kier molecular flexibility index (Phi) is 7.56. The van der Waals surface area contributed by atoms with Crippen molar-refractivity contribution in [2.45, 2.75) is 25.4 Å². The lowest BCUT2D eigenvalue weighted by Crippen LogP contribution is -2.27. The van der Waals surface area contributed by atoms with E-state index in [0.29, 0.717) is 29.8 Å². The first-order valence-corrected chi connectivity index (χ1v) is 10.9. The van der Waals surface area contributed by atoms with Crippen LogP contribution in [0.15, 0.2) is 79.3 Å². The van der Waals surface area contributed by atoms with E-state index < -0.39 is 0 Å². The second-order valence-electron chi connectivity index (χ2n) is 7.81. The molecule has 4 N–H and O–H groups in total. The molecule has 0 saturated heterocycles. The zero-order chi connectivity index (χ0) is 23.8. The molecule has 0 aliphatic carbocycles. The van der Waals surface area contributed by atoms with Gasteiger partial charge in [0, 0.05) is 18.5 Å². The lowest BCUT2D eigenvalue weighted by atomic mass is 10.1. The zero-order valence-electron chi connectivity index (χ0n) is 18.7. The Morgan fingerprint density at radius 3 is 2.38 bits per heavy atom. The van der Waals surface area contributed by atoms with E-state index in [-0.39, 0.29) is 24.5 Å². The number of aliphatic hydroxyl groups excluding tert-OH is 1. The summed E-state index contributed by atoms with van der Waals surface area (Å²) in [6, 6.07) is 17.5. The predicted octanol–water partition coefficient (Wildman–Crippen LogP) is 4.34. The van der Waals surface area contributed by atoms with Crippen molar-refractivity contribution in [1.82, 2.24) is 19.9 Å². The number of nitrogens with zero attached hydrogens (tertiary/aromatic N) is 4. The van der Waals surface area contributed by atoms with Gasteiger partial charge in [0.25, 0.3) is 0 Å². The van der Waals surface area contributed by atoms with E-state index in [1.807, 2.05) is 37.3 Å². The minimum absolute atomic E-state index is 0.0689. The van der Waals surface area contributed by atoms with Crippen LogP contribution in [0.5, 0.6) is 0 Å². The van der Waals surface area contributed by atoms with Crippen molar-refractivity contribution in [3.05, 3.63) is 96.2 Å². The molecule has 0 aliphatic rings. The molecule has 0 spiro atoms. The lowest BCUT2D eigenvalue weighted by Gasteiger charge is -2.20. The van der Waals surface area contributed by atoms with Crippen molar-refractivity contribution in [1.29, 1.82) is 0 Å². The Morgan fingerprint density at radius 2 is 1.68 bits per heavy atom. The van der Waals surface area contributed by atoms with Crippen LogP contribution in [0.2, 0.25) is 0 Å². The molecule has 0 saturated carbocycles. The second-order valence-corrected chi connectivity index (χ2v) is 7.81. The number of nitrogens with one attached hydrogen (secondary N) is 3. The normalized spacial score (nSPS) is 12.6. The van der Waals surface area contributed by atoms with Crippen LogP contribution < -0.4 is 16.0 Å². The van der Waals surface area contributed by atoms with Crippen LogP contribution in [0.3, 0.4) is 0 Å². The van der Waals surface area contributed by atoms with Gasteiger partial charge in [0.05, 0.1) is 24.9 Å². The second kappa shape index (κ2) is 11.2. The predicted molar refractivity (Wildman–Crippen MR) is 130 cm³/mol. The number of rotatable bonds is 10. The van der Waals surface area contributed by atoms with E-state index in [1.54, 1.807) is 36.8 Å². The van der Waals surface area contributed by atoms with Crippen LogP contribution in [-0.2, 0) is 6.42 Å². The van der Waals surface area contributed by atoms with Gasteiger partial charge in [-0.1, -0.05) is 42.5 Å². The number of aliphatic hydroxyl groups is 1. The summed E-state index contributed by atoms with van der Waals surface area (Å²) >= 11 is 0. The first-order valence-electron chi connectivity index (χ1n) is 10.9. The van der Waals surface area contributed by atoms with Crippen LogP contribution in [0, 0.1) is 5.82 Å². The fourth-order valence-electron chi connectivity index (χ4n) is 3.44. The van der Waals surface area contributed by atoms with Gasteiger partial charge in [0.1, 0.15) is 23.3 Å². The summed E-state index contributed by atoms with van der Waals surface area (Å²) in [5.74, 6) is 1.65. The van der Waals surface area contributed by atoms with Gasteiger partial charge in [-0.2, -0.15) is 9.97 Å². The smallest absolute Gasteiger partial charge is 0.227 e. The Hall–Kier alpha value is -4.11. The maximum absolute atomic E-state index is 13.3. The van der Waals surface area contributed by atoms with Gasteiger partial charge < -0.3 is 21.1 Å². The fraction of sp³-hybridized carbons (Fsp3) is 0.200. The monoisotopic (exact) mass is 459 g/mol. The number of hydrogen-bond donors (Lipinski definition) is 4. The minimum atomic E-state index is -0.290. The van der Waals surface area contributed by atoms with E-state index >= 15 is 0 Å². The molecule has 0 fully saturated rings. The molecule has 4 aromatic rings. The molecule has 2 heterocycles. The van der Waals surface area contributed by atoms with Crippen LogP contribution in [0.4, 0.5) is 27.8 Å². The largest absolute Gasteiger partial charge is 0.394 e. The highest BCUT2D eigenvalue weighted by atomic mass is 19.1. The molecule has 0 amide bonds. The maximum atomic E-state index is 13.3. The van der Waals surface area contributed by atoms with Gasteiger partial charge in [-0.15, -0.1) is 0 Å². The average molecular weight is 460 g/mol. The van der Waals surface area contributed by atoms with Crippen molar-refractivity contribution >= 4 is 23.4 Å². The zero-order valence-corrected chi connectivity index (χ0v) is 18.7. The number of aromatic nitrogens is 4. The van der Waals surface area contributed by atoms with Crippen LogP contribution in [0.25, 0.3) is 0 Å². The molecular weight excluding hydrogens is 433 g/mol. The van der Waals surface area contributed by atoms with Gasteiger partial charge >= 0.3 is 0 Å². The molecule has 9 heteroatoms. The van der Waals surface area contributed by atoms with Crippen molar-refractivity contribution in [3.63, 3.8) is 0 Å². The summed E-state index contributed by atoms with van der Waals surface area (Å²) in [5, 5.41) is 19.6. The fourth-order valence-corrected chi connectivity index (χ4v) is 3.44. The van der Waals surface area contributed by atoms with Crippen molar-refractivity contribution in [3.8, 4) is 0 Å². The highest BCUT2D eigenvalue weighted by Crippen LogP contribution is 2.22. The van der Waals surface area contributed by atoms with E-state index in [4.69, 9.17) is 0 Å². The summed E-state index contributed by atoms with van der Waals surface area (Å²) in [5.41, 5.74) is 1.99. The number of hydrogen-bond acceptors (Lipinski definition) is 8. The van der Waals surface area contributed by atoms with Crippen LogP contribution in [-0.4, -0.2) is 37.7 Å². The summed E-state index contributed by atoms with van der Waals surface area (Å²) in [4.78, 5) is 17.4. The van der Waals surface area contributed by atoms with E-state index in [9.17, 15) is 9.50 Å². The van der Waals surface area contributed by atoms with Crippen LogP contribution >= 0.6 is 0 Å². The Morgan fingerprint density at radius 1 is 0.912 bits per heavy atom. The summed E-state index contributed by atoms with van der Waals surface area (Å²) in [7, 11) is 0. The van der Waals surface area contributed by atoms with Gasteiger partial charge in [-0.25, -0.2) is 9.37 Å². The molecule has 4 rings (SSSR count). The third-order valence-electron chi connectivity index (χ3n) is 5.16. The SMILES string of the molecule is C[C@H](Nc1nc(Nc2cnccn2)cc(N[C@H](CO)Cc2ccccc2)n1)c1ccc(F)cc1. The number of anilines is 4. The topological polar surface area (TPSA) is 108 Å². The standard InChI is InChI=1S/C25H26FN7O/c1-17(19-7-9-20(26)10-8-19)29-25-32-22(14-23(33-25)31-24-15-27-11-12-28-24)30-21(16-34)13-18-5-3-2-4-6-18/h2-12,14-15,17,21,34H,13,16H2,1H3,(H3,28,29,30,31,32,33)/t17-,21-/m0/s1. The van der Waals surface area contributed by atoms with Crippen molar-refractivity contribution < 1.29 is 9.50 Å². The Balaban J connectivity index is 1.57. The molecule has 0 bridgehead atoms. The van der Waals surface area contributed by atoms with Gasteiger partial charge in [-0.05, 0) is 36.6 Å². The minimum Gasteiger partial charge on any atom is -0.394 e. The van der Waals surface area contributed by atoms with Gasteiger partial charge in [0.15, 0.2) is 0 Å². The molecule has 0 aliphatic heterocycles. The molecule has 0 unspecified atom stereocenters. The first-order chi connectivity index (χ1) is 16.6. The lowest BCUT2D eigenvalue weighted by molar-refractivity contribution is 0.273. The van der Waals surface area contributed by atoms with Gasteiger partial charge in [0.2, 0.25) is 5.95 Å².